The van der Waals surface area contributed by atoms with Crippen molar-refractivity contribution in [3.05, 3.63) is 0 Å². The van der Waals surface area contributed by atoms with Gasteiger partial charge in [-0.15, -0.1) is 0 Å². The van der Waals surface area contributed by atoms with Crippen molar-refractivity contribution in [2.24, 2.45) is 29.6 Å². The molecule has 2 bridgehead atoms. The Kier molecular flexibility index (Phi) is 3.38. The Morgan fingerprint density at radius 1 is 1.00 bits per heavy atom. The summed E-state index contributed by atoms with van der Waals surface area (Å²) in [6, 6.07) is 0.725. The van der Waals surface area contributed by atoms with Crippen molar-refractivity contribution >= 4 is 0 Å². The van der Waals surface area contributed by atoms with Gasteiger partial charge in [0.2, 0.25) is 0 Å². The van der Waals surface area contributed by atoms with Crippen LogP contribution in [0.4, 0.5) is 0 Å². The summed E-state index contributed by atoms with van der Waals surface area (Å²) in [5.41, 5.74) is -0.399. The smallest absolute Gasteiger partial charge is 0.0771 e. The van der Waals surface area contributed by atoms with Gasteiger partial charge in [0.25, 0.3) is 0 Å². The Morgan fingerprint density at radius 3 is 2.55 bits per heavy atom. The van der Waals surface area contributed by atoms with Crippen LogP contribution in [0.3, 0.4) is 0 Å². The molecule has 0 heterocycles. The molecular formula is C18H31NO. The molecule has 0 spiro atoms. The molecule has 5 atom stereocenters. The number of fused-ring (bicyclic) bond motifs is 5. The molecule has 0 aromatic carbocycles. The van der Waals surface area contributed by atoms with Crippen LogP contribution in [0.5, 0.6) is 0 Å². The van der Waals surface area contributed by atoms with E-state index in [1.165, 1.54) is 44.9 Å². The number of nitrogens with one attached hydrogen (secondary N) is 1. The molecule has 4 aliphatic rings. The van der Waals surface area contributed by atoms with Crippen molar-refractivity contribution < 1.29 is 5.11 Å². The van der Waals surface area contributed by atoms with Gasteiger partial charge < -0.3 is 10.4 Å². The fraction of sp³-hybridized carbons (Fsp3) is 1.00. The highest BCUT2D eigenvalue weighted by Gasteiger charge is 2.53. The van der Waals surface area contributed by atoms with Crippen LogP contribution in [-0.4, -0.2) is 23.3 Å². The zero-order chi connectivity index (χ0) is 13.7. The molecule has 0 saturated heterocycles. The highest BCUT2D eigenvalue weighted by molar-refractivity contribution is 5.06. The first-order valence-electron chi connectivity index (χ1n) is 9.10. The normalized spacial score (nSPS) is 54.3. The van der Waals surface area contributed by atoms with E-state index >= 15 is 0 Å². The second kappa shape index (κ2) is 4.98. The molecule has 2 N–H and O–H groups in total. The third kappa shape index (κ3) is 2.23. The van der Waals surface area contributed by atoms with Gasteiger partial charge in [-0.05, 0) is 81.0 Å². The summed E-state index contributed by atoms with van der Waals surface area (Å²) in [6.45, 7) is 3.17. The van der Waals surface area contributed by atoms with Gasteiger partial charge in [-0.3, -0.25) is 0 Å². The van der Waals surface area contributed by atoms with Crippen LogP contribution >= 0.6 is 0 Å². The van der Waals surface area contributed by atoms with Crippen LogP contribution in [0.25, 0.3) is 0 Å². The van der Waals surface area contributed by atoms with Gasteiger partial charge in [-0.25, -0.2) is 0 Å². The largest absolute Gasteiger partial charge is 0.389 e. The zero-order valence-corrected chi connectivity index (χ0v) is 13.0. The summed E-state index contributed by atoms with van der Waals surface area (Å²) >= 11 is 0. The highest BCUT2D eigenvalue weighted by Crippen LogP contribution is 2.58. The van der Waals surface area contributed by atoms with Crippen molar-refractivity contribution in [3.8, 4) is 0 Å². The number of hydrogen-bond acceptors (Lipinski definition) is 2. The molecule has 2 nitrogen and oxygen atoms in total. The number of hydrogen-bond donors (Lipinski definition) is 2. The maximum atomic E-state index is 10.7. The Labute approximate surface area is 123 Å². The maximum Gasteiger partial charge on any atom is 0.0771 e. The Morgan fingerprint density at radius 2 is 1.75 bits per heavy atom. The van der Waals surface area contributed by atoms with E-state index in [0.717, 1.165) is 55.0 Å². The van der Waals surface area contributed by atoms with E-state index in [-0.39, 0.29) is 0 Å². The quantitative estimate of drug-likeness (QED) is 0.829. The Hall–Kier alpha value is -0.0800. The van der Waals surface area contributed by atoms with Crippen LogP contribution < -0.4 is 5.32 Å². The molecule has 0 aromatic rings. The van der Waals surface area contributed by atoms with E-state index in [1.54, 1.807) is 0 Å². The van der Waals surface area contributed by atoms with Gasteiger partial charge in [0.15, 0.2) is 0 Å². The molecule has 4 aliphatic carbocycles. The van der Waals surface area contributed by atoms with Crippen molar-refractivity contribution in [2.75, 3.05) is 6.54 Å². The monoisotopic (exact) mass is 277 g/mol. The van der Waals surface area contributed by atoms with E-state index in [2.05, 4.69) is 12.2 Å². The summed E-state index contributed by atoms with van der Waals surface area (Å²) in [7, 11) is 0. The molecule has 5 unspecified atom stereocenters. The molecule has 114 valence electrons. The molecular weight excluding hydrogens is 246 g/mol. The average Bonchev–Trinajstić information content (AvgIpc) is 3.11. The van der Waals surface area contributed by atoms with E-state index in [0.29, 0.717) is 0 Å². The highest BCUT2D eigenvalue weighted by atomic mass is 16.3. The minimum Gasteiger partial charge on any atom is -0.389 e. The first-order chi connectivity index (χ1) is 9.65. The van der Waals surface area contributed by atoms with Gasteiger partial charge in [0.05, 0.1) is 5.60 Å². The predicted octanol–water partition coefficient (Wildman–Crippen LogP) is 3.34. The van der Waals surface area contributed by atoms with E-state index < -0.39 is 5.60 Å². The third-order valence-electron chi connectivity index (χ3n) is 7.33. The fourth-order valence-corrected chi connectivity index (χ4v) is 6.10. The Balaban J connectivity index is 1.32. The first-order valence-corrected chi connectivity index (χ1v) is 9.10. The van der Waals surface area contributed by atoms with Gasteiger partial charge in [0, 0.05) is 12.6 Å². The lowest BCUT2D eigenvalue weighted by atomic mass is 9.77. The molecule has 2 heteroatoms. The summed E-state index contributed by atoms with van der Waals surface area (Å²) in [5.74, 6) is 4.89. The van der Waals surface area contributed by atoms with Crippen LogP contribution in [0.2, 0.25) is 0 Å². The molecule has 4 fully saturated rings. The summed E-state index contributed by atoms with van der Waals surface area (Å²) in [4.78, 5) is 0. The Bertz CT molecular complexity index is 360. The molecule has 20 heavy (non-hydrogen) atoms. The minimum atomic E-state index is -0.399. The first kappa shape index (κ1) is 13.6. The van der Waals surface area contributed by atoms with Crippen LogP contribution in [-0.2, 0) is 0 Å². The number of rotatable bonds is 3. The predicted molar refractivity (Wildman–Crippen MR) is 81.4 cm³/mol. The van der Waals surface area contributed by atoms with Crippen molar-refractivity contribution in [2.45, 2.75) is 76.4 Å². The van der Waals surface area contributed by atoms with E-state index in [1.807, 2.05) is 0 Å². The standard InChI is InChI=1S/C18H31NO/c1-12-5-7-18(20,8-6-12)11-19-17-10-13-9-16(17)15-4-2-3-14(13)15/h12-17,19-20H,2-11H2,1H3. The van der Waals surface area contributed by atoms with Crippen LogP contribution in [0, 0.1) is 29.6 Å². The maximum absolute atomic E-state index is 10.7. The lowest BCUT2D eigenvalue weighted by molar-refractivity contribution is -0.0107. The van der Waals surface area contributed by atoms with Gasteiger partial charge in [-0.1, -0.05) is 13.3 Å². The zero-order valence-electron chi connectivity index (χ0n) is 13.0. The average molecular weight is 277 g/mol. The lowest BCUT2D eigenvalue weighted by Crippen LogP contribution is -2.49. The summed E-state index contributed by atoms with van der Waals surface area (Å²) in [6.07, 6.45) is 11.8. The molecule has 0 aliphatic heterocycles. The van der Waals surface area contributed by atoms with Crippen molar-refractivity contribution in [1.82, 2.24) is 5.32 Å². The van der Waals surface area contributed by atoms with E-state index in [9.17, 15) is 5.11 Å². The molecule has 0 aromatic heterocycles. The van der Waals surface area contributed by atoms with Crippen LogP contribution in [0.1, 0.15) is 64.7 Å². The van der Waals surface area contributed by atoms with Crippen molar-refractivity contribution in [1.29, 1.82) is 0 Å². The second-order valence-electron chi connectivity index (χ2n) is 8.55. The second-order valence-corrected chi connectivity index (χ2v) is 8.55. The van der Waals surface area contributed by atoms with E-state index in [4.69, 9.17) is 0 Å². The minimum absolute atomic E-state index is 0.399. The van der Waals surface area contributed by atoms with Crippen molar-refractivity contribution in [3.63, 3.8) is 0 Å². The molecule has 4 rings (SSSR count). The molecule has 0 radical (unpaired) electrons. The van der Waals surface area contributed by atoms with Crippen LogP contribution in [0.15, 0.2) is 0 Å². The SMILES string of the molecule is CC1CCC(O)(CNC2CC3CC2C2CCCC32)CC1. The summed E-state index contributed by atoms with van der Waals surface area (Å²) < 4.78 is 0. The van der Waals surface area contributed by atoms with Gasteiger partial charge >= 0.3 is 0 Å². The summed E-state index contributed by atoms with van der Waals surface area (Å²) in [5, 5.41) is 14.5. The lowest BCUT2D eigenvalue weighted by Gasteiger charge is -2.38. The van der Waals surface area contributed by atoms with Gasteiger partial charge in [-0.2, -0.15) is 0 Å². The topological polar surface area (TPSA) is 32.3 Å². The fourth-order valence-electron chi connectivity index (χ4n) is 6.10. The molecule has 0 amide bonds. The third-order valence-corrected chi connectivity index (χ3v) is 7.33. The van der Waals surface area contributed by atoms with Gasteiger partial charge in [0.1, 0.15) is 0 Å². The molecule has 4 saturated carbocycles. The number of aliphatic hydroxyl groups is 1.